The topological polar surface area (TPSA) is 63.9 Å². The second kappa shape index (κ2) is 8.10. The zero-order valence-corrected chi connectivity index (χ0v) is 16.2. The number of pyridine rings is 1. The van der Waals surface area contributed by atoms with E-state index in [1.807, 2.05) is 51.9 Å². The van der Waals surface area contributed by atoms with Crippen molar-refractivity contribution in [1.82, 2.24) is 24.6 Å². The molecule has 0 spiro atoms. The van der Waals surface area contributed by atoms with Crippen molar-refractivity contribution in [1.29, 1.82) is 0 Å². The van der Waals surface area contributed by atoms with Crippen LogP contribution >= 0.6 is 23.4 Å². The Kier molecular flexibility index (Phi) is 5.40. The second-order valence-electron chi connectivity index (χ2n) is 6.22. The van der Waals surface area contributed by atoms with Crippen LogP contribution in [0.1, 0.15) is 24.2 Å². The van der Waals surface area contributed by atoms with E-state index in [-0.39, 0.29) is 5.91 Å². The molecule has 8 heteroatoms. The first-order valence-electron chi connectivity index (χ1n) is 8.72. The Labute approximate surface area is 166 Å². The first-order valence-corrected chi connectivity index (χ1v) is 10.1. The Morgan fingerprint density at radius 1 is 1.11 bits per heavy atom. The minimum absolute atomic E-state index is 0.163. The van der Waals surface area contributed by atoms with Crippen LogP contribution in [0.2, 0.25) is 5.02 Å². The summed E-state index contributed by atoms with van der Waals surface area (Å²) in [6.45, 7) is 1.20. The maximum Gasteiger partial charge on any atom is 0.223 e. The van der Waals surface area contributed by atoms with Crippen molar-refractivity contribution in [2.75, 3.05) is 6.54 Å². The molecule has 1 aromatic carbocycles. The third-order valence-corrected chi connectivity index (χ3v) is 5.74. The highest BCUT2D eigenvalue weighted by atomic mass is 35.5. The van der Waals surface area contributed by atoms with Crippen molar-refractivity contribution >= 4 is 29.3 Å². The van der Waals surface area contributed by atoms with E-state index in [0.717, 1.165) is 34.5 Å². The molecule has 1 amide bonds. The fourth-order valence-corrected chi connectivity index (χ4v) is 4.26. The zero-order valence-electron chi connectivity index (χ0n) is 14.6. The van der Waals surface area contributed by atoms with Crippen LogP contribution in [0, 0.1) is 0 Å². The quantitative estimate of drug-likeness (QED) is 0.591. The van der Waals surface area contributed by atoms with Crippen molar-refractivity contribution < 1.29 is 4.79 Å². The van der Waals surface area contributed by atoms with Gasteiger partial charge in [0.05, 0.1) is 6.54 Å². The number of likely N-dealkylation sites (tertiary alicyclic amines) is 1. The number of thioether (sulfide) groups is 1. The Balaban J connectivity index is 1.63. The van der Waals surface area contributed by atoms with E-state index in [4.69, 9.17) is 11.6 Å². The highest BCUT2D eigenvalue weighted by Gasteiger charge is 2.24. The lowest BCUT2D eigenvalue weighted by atomic mass is 10.2. The molecule has 0 saturated carbocycles. The average Bonchev–Trinajstić information content (AvgIpc) is 3.28. The van der Waals surface area contributed by atoms with E-state index in [0.29, 0.717) is 24.5 Å². The third kappa shape index (κ3) is 3.99. The standard InChI is InChI=1S/C19H18ClN5OS/c20-15-7-2-1-6-14(15)13-27-19-23-22-17(12-24-11-5-9-18(24)26)25(19)16-8-3-4-10-21-16/h1-4,6-8,10H,5,9,11-13H2. The summed E-state index contributed by atoms with van der Waals surface area (Å²) in [6.07, 6.45) is 3.24. The van der Waals surface area contributed by atoms with Gasteiger partial charge < -0.3 is 4.90 Å². The van der Waals surface area contributed by atoms with E-state index >= 15 is 0 Å². The van der Waals surface area contributed by atoms with Gasteiger partial charge in [0.1, 0.15) is 5.82 Å². The summed E-state index contributed by atoms with van der Waals surface area (Å²) in [6, 6.07) is 13.5. The van der Waals surface area contributed by atoms with Gasteiger partial charge in [0.2, 0.25) is 5.91 Å². The number of nitrogens with zero attached hydrogens (tertiary/aromatic N) is 5. The third-order valence-electron chi connectivity index (χ3n) is 4.40. The van der Waals surface area contributed by atoms with E-state index in [1.54, 1.807) is 18.0 Å². The molecule has 6 nitrogen and oxygen atoms in total. The molecule has 1 aliphatic rings. The summed E-state index contributed by atoms with van der Waals surface area (Å²) < 4.78 is 1.92. The number of halogens is 1. The normalized spacial score (nSPS) is 14.1. The minimum atomic E-state index is 0.163. The molecule has 3 aromatic rings. The van der Waals surface area contributed by atoms with Crippen molar-refractivity contribution in [3.63, 3.8) is 0 Å². The Hall–Kier alpha value is -2.38. The van der Waals surface area contributed by atoms with Crippen molar-refractivity contribution in [3.05, 3.63) is 65.1 Å². The Bertz CT molecular complexity index is 946. The monoisotopic (exact) mass is 399 g/mol. The van der Waals surface area contributed by atoms with Crippen molar-refractivity contribution in [3.8, 4) is 5.82 Å². The van der Waals surface area contributed by atoms with Crippen molar-refractivity contribution in [2.45, 2.75) is 30.3 Å². The van der Waals surface area contributed by atoms with Gasteiger partial charge in [-0.25, -0.2) is 4.98 Å². The van der Waals surface area contributed by atoms with Gasteiger partial charge in [-0.2, -0.15) is 0 Å². The molecule has 0 atom stereocenters. The van der Waals surface area contributed by atoms with Crippen LogP contribution in [-0.4, -0.2) is 37.1 Å². The molecule has 1 saturated heterocycles. The van der Waals surface area contributed by atoms with E-state index < -0.39 is 0 Å². The molecule has 0 aliphatic carbocycles. The summed E-state index contributed by atoms with van der Waals surface area (Å²) in [7, 11) is 0. The largest absolute Gasteiger partial charge is 0.335 e. The highest BCUT2D eigenvalue weighted by Crippen LogP contribution is 2.28. The van der Waals surface area contributed by atoms with Crippen LogP contribution in [0.3, 0.4) is 0 Å². The first-order chi connectivity index (χ1) is 13.2. The number of amides is 1. The summed E-state index contributed by atoms with van der Waals surface area (Å²) in [5, 5.41) is 10.2. The number of aromatic nitrogens is 4. The number of carbonyl (C=O) groups is 1. The maximum absolute atomic E-state index is 12.0. The van der Waals surface area contributed by atoms with E-state index in [1.165, 1.54) is 0 Å². The lowest BCUT2D eigenvalue weighted by molar-refractivity contribution is -0.128. The predicted octanol–water partition coefficient (Wildman–Crippen LogP) is 3.73. The molecular weight excluding hydrogens is 382 g/mol. The van der Waals surface area contributed by atoms with Gasteiger partial charge in [-0.05, 0) is 30.2 Å². The number of benzene rings is 1. The second-order valence-corrected chi connectivity index (χ2v) is 7.57. The molecule has 2 aromatic heterocycles. The van der Waals surface area contributed by atoms with Crippen LogP contribution < -0.4 is 0 Å². The molecular formula is C19H18ClN5OS. The fraction of sp³-hybridized carbons (Fsp3) is 0.263. The van der Waals surface area contributed by atoms with Gasteiger partial charge in [0.25, 0.3) is 0 Å². The molecule has 0 N–H and O–H groups in total. The summed E-state index contributed by atoms with van der Waals surface area (Å²) >= 11 is 7.82. The predicted molar refractivity (Wildman–Crippen MR) is 105 cm³/mol. The summed E-state index contributed by atoms with van der Waals surface area (Å²) in [5.41, 5.74) is 1.04. The molecule has 27 heavy (non-hydrogen) atoms. The fourth-order valence-electron chi connectivity index (χ4n) is 3.01. The Morgan fingerprint density at radius 3 is 2.70 bits per heavy atom. The molecule has 0 radical (unpaired) electrons. The molecule has 138 valence electrons. The lowest BCUT2D eigenvalue weighted by Crippen LogP contribution is -2.25. The first kappa shape index (κ1) is 18.0. The van der Waals surface area contributed by atoms with Crippen LogP contribution in [0.4, 0.5) is 0 Å². The highest BCUT2D eigenvalue weighted by molar-refractivity contribution is 7.98. The molecule has 0 bridgehead atoms. The molecule has 1 fully saturated rings. The van der Waals surface area contributed by atoms with Crippen LogP contribution in [-0.2, 0) is 17.1 Å². The number of hydrogen-bond donors (Lipinski definition) is 0. The summed E-state index contributed by atoms with van der Waals surface area (Å²) in [5.74, 6) is 2.29. The molecule has 0 unspecified atom stereocenters. The van der Waals surface area contributed by atoms with Crippen LogP contribution in [0.25, 0.3) is 5.82 Å². The SMILES string of the molecule is O=C1CCCN1Cc1nnc(SCc2ccccc2Cl)n1-c1ccccn1. The van der Waals surface area contributed by atoms with E-state index in [2.05, 4.69) is 15.2 Å². The number of hydrogen-bond acceptors (Lipinski definition) is 5. The van der Waals surface area contributed by atoms with Gasteiger partial charge >= 0.3 is 0 Å². The number of carbonyl (C=O) groups excluding carboxylic acids is 1. The lowest BCUT2D eigenvalue weighted by Gasteiger charge is -2.16. The molecule has 4 rings (SSSR count). The van der Waals surface area contributed by atoms with Gasteiger partial charge in [-0.15, -0.1) is 10.2 Å². The van der Waals surface area contributed by atoms with Gasteiger partial charge in [0, 0.05) is 29.9 Å². The molecule has 1 aliphatic heterocycles. The smallest absolute Gasteiger partial charge is 0.223 e. The average molecular weight is 400 g/mol. The van der Waals surface area contributed by atoms with Gasteiger partial charge in [-0.1, -0.05) is 47.6 Å². The van der Waals surface area contributed by atoms with Crippen LogP contribution in [0.15, 0.2) is 53.8 Å². The molecule has 3 heterocycles. The maximum atomic E-state index is 12.0. The van der Waals surface area contributed by atoms with E-state index in [9.17, 15) is 4.79 Å². The number of rotatable bonds is 6. The van der Waals surface area contributed by atoms with Crippen molar-refractivity contribution in [2.24, 2.45) is 0 Å². The minimum Gasteiger partial charge on any atom is -0.335 e. The van der Waals surface area contributed by atoms with Crippen LogP contribution in [0.5, 0.6) is 0 Å². The van der Waals surface area contributed by atoms with Gasteiger partial charge in [0.15, 0.2) is 11.0 Å². The zero-order chi connectivity index (χ0) is 18.6. The Morgan fingerprint density at radius 2 is 1.96 bits per heavy atom. The van der Waals surface area contributed by atoms with Gasteiger partial charge in [-0.3, -0.25) is 9.36 Å². The summed E-state index contributed by atoms with van der Waals surface area (Å²) in [4.78, 5) is 18.3.